The molecule has 2 heteroatoms. The fourth-order valence-electron chi connectivity index (χ4n) is 2.09. The van der Waals surface area contributed by atoms with E-state index < -0.39 is 0 Å². The van der Waals surface area contributed by atoms with Crippen molar-refractivity contribution in [2.45, 2.75) is 26.2 Å². The van der Waals surface area contributed by atoms with Gasteiger partial charge in [0, 0.05) is 9.89 Å². The van der Waals surface area contributed by atoms with Crippen LogP contribution in [-0.2, 0) is 6.42 Å². The summed E-state index contributed by atoms with van der Waals surface area (Å²) in [7, 11) is 0. The predicted octanol–water partition coefficient (Wildman–Crippen LogP) is 6.11. The van der Waals surface area contributed by atoms with Gasteiger partial charge in [-0.1, -0.05) is 85.7 Å². The van der Waals surface area contributed by atoms with Crippen LogP contribution in [-0.4, -0.2) is 4.86 Å². The molecule has 2 rings (SSSR count). The molecular weight excluding hydrogens is 296 g/mol. The van der Waals surface area contributed by atoms with E-state index in [1.54, 1.807) is 0 Å². The number of aryl methyl sites for hydroxylation is 1. The maximum Gasteiger partial charge on any atom is 0.0478 e. The molecular formula is C19H19ClS. The Balaban J connectivity index is 2.05. The summed E-state index contributed by atoms with van der Waals surface area (Å²) in [5, 5.41) is 0.742. The highest BCUT2D eigenvalue weighted by atomic mass is 35.5. The van der Waals surface area contributed by atoms with Gasteiger partial charge in [-0.3, -0.25) is 0 Å². The Morgan fingerprint density at radius 1 is 1.10 bits per heavy atom. The summed E-state index contributed by atoms with van der Waals surface area (Å²) in [6.45, 7) is 2.21. The zero-order chi connectivity index (χ0) is 15.1. The number of hydrogen-bond acceptors (Lipinski definition) is 1. The van der Waals surface area contributed by atoms with Crippen molar-refractivity contribution in [2.24, 2.45) is 0 Å². The van der Waals surface area contributed by atoms with E-state index in [1.165, 1.54) is 18.4 Å². The Bertz CT molecular complexity index is 626. The first-order chi connectivity index (χ1) is 10.2. The van der Waals surface area contributed by atoms with Gasteiger partial charge in [-0.2, -0.15) is 0 Å². The third-order valence-corrected chi connectivity index (χ3v) is 4.09. The minimum Gasteiger partial charge on any atom is -0.0837 e. The maximum atomic E-state index is 6.13. The SMILES string of the molecule is CCCCc1ccc(C(=S)C=Cc2ccccc2Cl)cc1. The van der Waals surface area contributed by atoms with Gasteiger partial charge < -0.3 is 0 Å². The normalized spacial score (nSPS) is 11.0. The molecule has 0 saturated heterocycles. The molecule has 0 fully saturated rings. The van der Waals surface area contributed by atoms with Crippen molar-refractivity contribution < 1.29 is 0 Å². The lowest BCUT2D eigenvalue weighted by Gasteiger charge is -2.03. The van der Waals surface area contributed by atoms with Crippen LogP contribution >= 0.6 is 23.8 Å². The third-order valence-electron chi connectivity index (χ3n) is 3.38. The molecule has 0 amide bonds. The first-order valence-electron chi connectivity index (χ1n) is 7.26. The van der Waals surface area contributed by atoms with Crippen LogP contribution < -0.4 is 0 Å². The minimum atomic E-state index is 0.742. The number of hydrogen-bond donors (Lipinski definition) is 0. The monoisotopic (exact) mass is 314 g/mol. The van der Waals surface area contributed by atoms with E-state index in [-0.39, 0.29) is 0 Å². The van der Waals surface area contributed by atoms with Gasteiger partial charge in [-0.15, -0.1) is 0 Å². The Kier molecular flexibility index (Phi) is 6.16. The molecule has 2 aromatic rings. The fourth-order valence-corrected chi connectivity index (χ4v) is 2.49. The van der Waals surface area contributed by atoms with Gasteiger partial charge in [0.15, 0.2) is 0 Å². The second kappa shape index (κ2) is 8.11. The molecule has 0 spiro atoms. The molecule has 0 atom stereocenters. The number of allylic oxidation sites excluding steroid dienone is 1. The number of unbranched alkanes of at least 4 members (excludes halogenated alkanes) is 1. The Hall–Kier alpha value is -1.44. The van der Waals surface area contributed by atoms with E-state index in [1.807, 2.05) is 36.4 Å². The third kappa shape index (κ3) is 4.80. The number of halogens is 1. The van der Waals surface area contributed by atoms with Gasteiger partial charge >= 0.3 is 0 Å². The number of thiocarbonyl (C=S) groups is 1. The molecule has 0 aromatic heterocycles. The van der Waals surface area contributed by atoms with Crippen molar-refractivity contribution in [3.05, 3.63) is 76.3 Å². The highest BCUT2D eigenvalue weighted by Crippen LogP contribution is 2.17. The Morgan fingerprint density at radius 3 is 2.48 bits per heavy atom. The topological polar surface area (TPSA) is 0 Å². The summed E-state index contributed by atoms with van der Waals surface area (Å²) in [6, 6.07) is 16.3. The van der Waals surface area contributed by atoms with E-state index in [2.05, 4.69) is 31.2 Å². The second-order valence-corrected chi connectivity index (χ2v) is 5.87. The minimum absolute atomic E-state index is 0.742. The van der Waals surface area contributed by atoms with Crippen molar-refractivity contribution in [3.8, 4) is 0 Å². The highest BCUT2D eigenvalue weighted by Gasteiger charge is 1.99. The van der Waals surface area contributed by atoms with Crippen molar-refractivity contribution in [1.29, 1.82) is 0 Å². The standard InChI is InChI=1S/C19H19ClS/c1-2-3-6-15-9-11-17(12-10-15)19(21)14-13-16-7-4-5-8-18(16)20/h4-5,7-14H,2-3,6H2,1H3. The molecule has 0 N–H and O–H groups in total. The summed E-state index contributed by atoms with van der Waals surface area (Å²) in [6.07, 6.45) is 7.50. The van der Waals surface area contributed by atoms with Crippen molar-refractivity contribution in [3.63, 3.8) is 0 Å². The second-order valence-electron chi connectivity index (χ2n) is 5.02. The molecule has 0 nitrogen and oxygen atoms in total. The van der Waals surface area contributed by atoms with Crippen LogP contribution in [0.5, 0.6) is 0 Å². The van der Waals surface area contributed by atoms with E-state index in [0.29, 0.717) is 0 Å². The van der Waals surface area contributed by atoms with Gasteiger partial charge in [-0.25, -0.2) is 0 Å². The lowest BCUT2D eigenvalue weighted by atomic mass is 10.0. The Morgan fingerprint density at radius 2 is 1.81 bits per heavy atom. The van der Waals surface area contributed by atoms with Crippen LogP contribution in [0, 0.1) is 0 Å². The number of rotatable bonds is 6. The smallest absolute Gasteiger partial charge is 0.0478 e. The van der Waals surface area contributed by atoms with Crippen molar-refractivity contribution in [1.82, 2.24) is 0 Å². The van der Waals surface area contributed by atoms with Crippen LogP contribution in [0.3, 0.4) is 0 Å². The zero-order valence-electron chi connectivity index (χ0n) is 12.2. The molecule has 108 valence electrons. The Labute approximate surface area is 137 Å². The van der Waals surface area contributed by atoms with Crippen LogP contribution in [0.15, 0.2) is 54.6 Å². The molecule has 0 aliphatic heterocycles. The molecule has 0 bridgehead atoms. The molecule has 0 saturated carbocycles. The largest absolute Gasteiger partial charge is 0.0837 e. The average Bonchev–Trinajstić information content (AvgIpc) is 2.52. The fraction of sp³-hybridized carbons (Fsp3) is 0.211. The summed E-state index contributed by atoms with van der Waals surface area (Å²) in [4.78, 5) is 0.831. The molecule has 0 radical (unpaired) electrons. The van der Waals surface area contributed by atoms with Gasteiger partial charge in [0.05, 0.1) is 0 Å². The van der Waals surface area contributed by atoms with Crippen LogP contribution in [0.2, 0.25) is 5.02 Å². The molecule has 21 heavy (non-hydrogen) atoms. The maximum absolute atomic E-state index is 6.13. The first-order valence-corrected chi connectivity index (χ1v) is 8.05. The van der Waals surface area contributed by atoms with Crippen molar-refractivity contribution >= 4 is 34.8 Å². The highest BCUT2D eigenvalue weighted by molar-refractivity contribution is 7.81. The van der Waals surface area contributed by atoms with Gasteiger partial charge in [-0.05, 0) is 41.7 Å². The lowest BCUT2D eigenvalue weighted by Crippen LogP contribution is -1.93. The summed E-state index contributed by atoms with van der Waals surface area (Å²) in [5.41, 5.74) is 3.44. The molecule has 0 aliphatic rings. The van der Waals surface area contributed by atoms with Gasteiger partial charge in [0.25, 0.3) is 0 Å². The lowest BCUT2D eigenvalue weighted by molar-refractivity contribution is 0.795. The predicted molar refractivity (Wildman–Crippen MR) is 97.2 cm³/mol. The van der Waals surface area contributed by atoms with Gasteiger partial charge in [0.2, 0.25) is 0 Å². The van der Waals surface area contributed by atoms with Crippen LogP contribution in [0.1, 0.15) is 36.5 Å². The first kappa shape index (κ1) is 15.9. The van der Waals surface area contributed by atoms with Crippen LogP contribution in [0.4, 0.5) is 0 Å². The quantitative estimate of drug-likeness (QED) is 0.352. The molecule has 2 aromatic carbocycles. The molecule has 0 aliphatic carbocycles. The van der Waals surface area contributed by atoms with E-state index in [0.717, 1.165) is 27.4 Å². The van der Waals surface area contributed by atoms with E-state index in [9.17, 15) is 0 Å². The van der Waals surface area contributed by atoms with Crippen LogP contribution in [0.25, 0.3) is 6.08 Å². The molecule has 0 unspecified atom stereocenters. The van der Waals surface area contributed by atoms with E-state index in [4.69, 9.17) is 23.8 Å². The van der Waals surface area contributed by atoms with Gasteiger partial charge in [0.1, 0.15) is 0 Å². The van der Waals surface area contributed by atoms with E-state index >= 15 is 0 Å². The average molecular weight is 315 g/mol. The molecule has 0 heterocycles. The number of benzene rings is 2. The summed E-state index contributed by atoms with van der Waals surface area (Å²) in [5.74, 6) is 0. The summed E-state index contributed by atoms with van der Waals surface area (Å²) < 4.78 is 0. The zero-order valence-corrected chi connectivity index (χ0v) is 13.8. The summed E-state index contributed by atoms with van der Waals surface area (Å²) >= 11 is 11.6. The van der Waals surface area contributed by atoms with Crippen molar-refractivity contribution in [2.75, 3.05) is 0 Å².